The van der Waals surface area contributed by atoms with Crippen molar-refractivity contribution in [2.75, 3.05) is 16.8 Å². The zero-order valence-electron chi connectivity index (χ0n) is 10.6. The molecule has 19 heavy (non-hydrogen) atoms. The Balaban J connectivity index is 2.55. The van der Waals surface area contributed by atoms with E-state index in [0.717, 1.165) is 30.7 Å². The third-order valence-corrected chi connectivity index (χ3v) is 3.40. The van der Waals surface area contributed by atoms with Crippen LogP contribution in [0.15, 0.2) is 18.2 Å². The minimum atomic E-state index is -1.36. The molecule has 1 amide bonds. The van der Waals surface area contributed by atoms with Crippen molar-refractivity contribution in [3.8, 4) is 0 Å². The second kappa shape index (κ2) is 7.78. The number of hydrogen-bond donors (Lipinski definition) is 2. The number of thioether (sulfide) groups is 1. The number of halogens is 1. The third-order valence-electron chi connectivity index (χ3n) is 2.36. The molecule has 0 spiro atoms. The number of benzene rings is 1. The van der Waals surface area contributed by atoms with Gasteiger partial charge in [0.15, 0.2) is 0 Å². The lowest BCUT2D eigenvalue weighted by Crippen LogP contribution is -2.15. The van der Waals surface area contributed by atoms with Gasteiger partial charge in [-0.05, 0) is 30.4 Å². The lowest BCUT2D eigenvalue weighted by molar-refractivity contribution is -0.113. The van der Waals surface area contributed by atoms with E-state index in [-0.39, 0.29) is 5.91 Å². The molecule has 0 saturated carbocycles. The number of carboxylic acid groups (broad SMARTS) is 1. The van der Waals surface area contributed by atoms with Crippen LogP contribution in [0, 0.1) is 5.82 Å². The maximum Gasteiger partial charge on any atom is 0.338 e. The summed E-state index contributed by atoms with van der Waals surface area (Å²) in [5.41, 5.74) is -0.156. The van der Waals surface area contributed by atoms with Crippen molar-refractivity contribution in [3.05, 3.63) is 29.6 Å². The third kappa shape index (κ3) is 5.30. The highest BCUT2D eigenvalue weighted by Crippen LogP contribution is 2.15. The molecule has 0 unspecified atom stereocenters. The summed E-state index contributed by atoms with van der Waals surface area (Å²) in [5, 5.41) is 11.3. The molecule has 0 heterocycles. The van der Waals surface area contributed by atoms with Gasteiger partial charge < -0.3 is 10.4 Å². The molecule has 1 rings (SSSR count). The molecular weight excluding hydrogens is 269 g/mol. The predicted octanol–water partition coefficient (Wildman–Crippen LogP) is 3.00. The molecule has 0 atom stereocenters. The van der Waals surface area contributed by atoms with Crippen LogP contribution in [0.4, 0.5) is 10.1 Å². The second-order valence-corrected chi connectivity index (χ2v) is 5.06. The van der Waals surface area contributed by atoms with Gasteiger partial charge in [-0.25, -0.2) is 9.18 Å². The largest absolute Gasteiger partial charge is 0.478 e. The topological polar surface area (TPSA) is 66.4 Å². The van der Waals surface area contributed by atoms with E-state index in [4.69, 9.17) is 5.11 Å². The molecule has 6 heteroatoms. The zero-order chi connectivity index (χ0) is 14.3. The lowest BCUT2D eigenvalue weighted by atomic mass is 10.2. The summed E-state index contributed by atoms with van der Waals surface area (Å²) >= 11 is 1.52. The molecule has 0 aromatic heterocycles. The van der Waals surface area contributed by atoms with Crippen LogP contribution in [-0.4, -0.2) is 28.5 Å². The van der Waals surface area contributed by atoms with Crippen LogP contribution in [-0.2, 0) is 4.79 Å². The van der Waals surface area contributed by atoms with Crippen molar-refractivity contribution >= 4 is 29.3 Å². The Morgan fingerprint density at radius 2 is 2.16 bits per heavy atom. The average molecular weight is 285 g/mol. The van der Waals surface area contributed by atoms with Crippen molar-refractivity contribution in [2.45, 2.75) is 19.8 Å². The lowest BCUT2D eigenvalue weighted by Gasteiger charge is -2.06. The normalized spacial score (nSPS) is 10.2. The fourth-order valence-corrected chi connectivity index (χ4v) is 2.27. The Bertz CT molecular complexity index is 465. The first-order chi connectivity index (χ1) is 9.04. The minimum Gasteiger partial charge on any atom is -0.478 e. The van der Waals surface area contributed by atoms with Crippen LogP contribution in [0.2, 0.25) is 0 Å². The number of aromatic carboxylic acids is 1. The predicted molar refractivity (Wildman–Crippen MR) is 74.2 cm³/mol. The van der Waals surface area contributed by atoms with Gasteiger partial charge in [0.25, 0.3) is 0 Å². The average Bonchev–Trinajstić information content (AvgIpc) is 2.36. The zero-order valence-corrected chi connectivity index (χ0v) is 11.4. The Morgan fingerprint density at radius 1 is 1.42 bits per heavy atom. The molecule has 1 aromatic rings. The highest BCUT2D eigenvalue weighted by atomic mass is 32.2. The fourth-order valence-electron chi connectivity index (χ4n) is 1.38. The Kier molecular flexibility index (Phi) is 6.35. The number of amides is 1. The van der Waals surface area contributed by atoms with E-state index >= 15 is 0 Å². The van der Waals surface area contributed by atoms with Crippen LogP contribution in [0.3, 0.4) is 0 Å². The van der Waals surface area contributed by atoms with Gasteiger partial charge in [0, 0.05) is 5.69 Å². The first-order valence-corrected chi connectivity index (χ1v) is 7.10. The van der Waals surface area contributed by atoms with E-state index < -0.39 is 17.3 Å². The number of unbranched alkanes of at least 4 members (excludes halogenated alkanes) is 1. The maximum absolute atomic E-state index is 13.1. The van der Waals surface area contributed by atoms with Crippen LogP contribution >= 0.6 is 11.8 Å². The van der Waals surface area contributed by atoms with Crippen LogP contribution < -0.4 is 5.32 Å². The van der Waals surface area contributed by atoms with E-state index in [9.17, 15) is 14.0 Å². The van der Waals surface area contributed by atoms with Crippen LogP contribution in [0.25, 0.3) is 0 Å². The minimum absolute atomic E-state index is 0.218. The number of nitrogens with one attached hydrogen (secondary N) is 1. The smallest absolute Gasteiger partial charge is 0.338 e. The Hall–Kier alpha value is -1.56. The SMILES string of the molecule is CCCCSCC(=O)Nc1ccc(F)c(C(=O)O)c1. The standard InChI is InChI=1S/C13H16FNO3S/c1-2-3-6-19-8-12(16)15-9-4-5-11(14)10(7-9)13(17)18/h4-5,7H,2-3,6,8H2,1H3,(H,15,16)(H,17,18). The van der Waals surface area contributed by atoms with E-state index in [1.807, 2.05) is 0 Å². The Morgan fingerprint density at radius 3 is 2.79 bits per heavy atom. The molecule has 0 saturated heterocycles. The molecule has 0 fully saturated rings. The summed E-state index contributed by atoms with van der Waals surface area (Å²) < 4.78 is 13.1. The molecule has 2 N–H and O–H groups in total. The molecule has 1 aromatic carbocycles. The van der Waals surface area contributed by atoms with Crippen LogP contribution in [0.5, 0.6) is 0 Å². The van der Waals surface area contributed by atoms with Gasteiger partial charge in [0.2, 0.25) is 5.91 Å². The van der Waals surface area contributed by atoms with Crippen molar-refractivity contribution in [3.63, 3.8) is 0 Å². The molecule has 104 valence electrons. The second-order valence-electron chi connectivity index (χ2n) is 3.95. The summed E-state index contributed by atoms with van der Waals surface area (Å²) in [6.45, 7) is 2.08. The summed E-state index contributed by atoms with van der Waals surface area (Å²) in [4.78, 5) is 22.3. The Labute approximate surface area is 115 Å². The van der Waals surface area contributed by atoms with Gasteiger partial charge in [-0.15, -0.1) is 0 Å². The number of hydrogen-bond acceptors (Lipinski definition) is 3. The van der Waals surface area contributed by atoms with E-state index in [2.05, 4.69) is 12.2 Å². The van der Waals surface area contributed by atoms with Gasteiger partial charge in [-0.3, -0.25) is 4.79 Å². The molecule has 0 bridgehead atoms. The van der Waals surface area contributed by atoms with Gasteiger partial charge in [0.05, 0.1) is 11.3 Å². The molecule has 0 aliphatic heterocycles. The first-order valence-electron chi connectivity index (χ1n) is 5.95. The molecule has 0 radical (unpaired) electrons. The van der Waals surface area contributed by atoms with Crippen molar-refractivity contribution < 1.29 is 19.1 Å². The van der Waals surface area contributed by atoms with Gasteiger partial charge in [-0.1, -0.05) is 13.3 Å². The summed E-state index contributed by atoms with van der Waals surface area (Å²) in [5.74, 6) is -1.18. The number of carboxylic acids is 1. The van der Waals surface area contributed by atoms with Gasteiger partial charge in [0.1, 0.15) is 5.82 Å². The quantitative estimate of drug-likeness (QED) is 0.756. The summed E-state index contributed by atoms with van der Waals surface area (Å²) in [6.07, 6.45) is 2.13. The van der Waals surface area contributed by atoms with E-state index in [1.165, 1.54) is 17.8 Å². The number of anilines is 1. The van der Waals surface area contributed by atoms with Crippen molar-refractivity contribution in [2.24, 2.45) is 0 Å². The number of carbonyl (C=O) groups excluding carboxylic acids is 1. The maximum atomic E-state index is 13.1. The van der Waals surface area contributed by atoms with E-state index in [1.54, 1.807) is 0 Å². The highest BCUT2D eigenvalue weighted by molar-refractivity contribution is 7.99. The summed E-state index contributed by atoms with van der Waals surface area (Å²) in [6, 6.07) is 3.49. The number of carbonyl (C=O) groups is 2. The molecule has 4 nitrogen and oxygen atoms in total. The van der Waals surface area contributed by atoms with Crippen molar-refractivity contribution in [1.82, 2.24) is 0 Å². The molecule has 0 aliphatic rings. The summed E-state index contributed by atoms with van der Waals surface area (Å²) in [7, 11) is 0. The van der Waals surface area contributed by atoms with Gasteiger partial charge in [-0.2, -0.15) is 11.8 Å². The fraction of sp³-hybridized carbons (Fsp3) is 0.385. The molecule has 0 aliphatic carbocycles. The van der Waals surface area contributed by atoms with E-state index in [0.29, 0.717) is 11.4 Å². The first kappa shape index (κ1) is 15.5. The van der Waals surface area contributed by atoms with Crippen LogP contribution in [0.1, 0.15) is 30.1 Å². The monoisotopic (exact) mass is 285 g/mol. The molecular formula is C13H16FNO3S. The van der Waals surface area contributed by atoms with Crippen molar-refractivity contribution in [1.29, 1.82) is 0 Å². The number of rotatable bonds is 7. The van der Waals surface area contributed by atoms with Gasteiger partial charge >= 0.3 is 5.97 Å². The highest BCUT2D eigenvalue weighted by Gasteiger charge is 2.11.